The summed E-state index contributed by atoms with van der Waals surface area (Å²) in [4.78, 5) is 11.5. The summed E-state index contributed by atoms with van der Waals surface area (Å²) in [6.07, 6.45) is 1.27. The van der Waals surface area contributed by atoms with Crippen LogP contribution in [-0.2, 0) is 11.2 Å². The summed E-state index contributed by atoms with van der Waals surface area (Å²) in [7, 11) is 0. The van der Waals surface area contributed by atoms with Gasteiger partial charge in [0.05, 0.1) is 0 Å². The molecule has 0 aromatic heterocycles. The van der Waals surface area contributed by atoms with Crippen molar-refractivity contribution in [2.45, 2.75) is 15.0 Å². The third-order valence-electron chi connectivity index (χ3n) is 1.80. The van der Waals surface area contributed by atoms with Gasteiger partial charge < -0.3 is 0 Å². The molecule has 76 valence electrons. The highest BCUT2D eigenvalue weighted by atomic mass is 80.0. The molecule has 0 spiro atoms. The minimum absolute atomic E-state index is 0.0846. The zero-order valence-electron chi connectivity index (χ0n) is 7.34. The van der Waals surface area contributed by atoms with Crippen molar-refractivity contribution in [3.05, 3.63) is 35.9 Å². The SMILES string of the molecule is O=C(CCc1ccccc1)C(Br)(Br)Br. The molecule has 14 heavy (non-hydrogen) atoms. The zero-order valence-corrected chi connectivity index (χ0v) is 12.1. The number of aryl methyl sites for hydroxylation is 1. The predicted molar refractivity (Wildman–Crippen MR) is 69.3 cm³/mol. The van der Waals surface area contributed by atoms with Crippen molar-refractivity contribution in [2.75, 3.05) is 0 Å². The predicted octanol–water partition coefficient (Wildman–Crippen LogP) is 4.03. The molecule has 0 fully saturated rings. The number of benzene rings is 1. The summed E-state index contributed by atoms with van der Waals surface area (Å²) in [5.41, 5.74) is 1.18. The van der Waals surface area contributed by atoms with Gasteiger partial charge in [-0.3, -0.25) is 4.79 Å². The van der Waals surface area contributed by atoms with E-state index in [0.29, 0.717) is 6.42 Å². The molecule has 0 aliphatic rings. The van der Waals surface area contributed by atoms with Crippen LogP contribution < -0.4 is 0 Å². The van der Waals surface area contributed by atoms with Crippen molar-refractivity contribution in [1.29, 1.82) is 0 Å². The first-order valence-corrected chi connectivity index (χ1v) is 6.52. The summed E-state index contributed by atoms with van der Waals surface area (Å²) in [6, 6.07) is 9.96. The summed E-state index contributed by atoms with van der Waals surface area (Å²) in [5, 5.41) is 0. The molecule has 0 heterocycles. The van der Waals surface area contributed by atoms with Crippen LogP contribution in [0, 0.1) is 0 Å². The van der Waals surface area contributed by atoms with Gasteiger partial charge in [-0.2, -0.15) is 0 Å². The van der Waals surface area contributed by atoms with E-state index in [2.05, 4.69) is 47.8 Å². The molecule has 0 radical (unpaired) electrons. The van der Waals surface area contributed by atoms with Crippen LogP contribution in [0.5, 0.6) is 0 Å². The topological polar surface area (TPSA) is 17.1 Å². The zero-order chi connectivity index (χ0) is 10.6. The second-order valence-corrected chi connectivity index (χ2v) is 9.67. The van der Waals surface area contributed by atoms with Crippen LogP contribution in [0.1, 0.15) is 12.0 Å². The first-order valence-electron chi connectivity index (χ1n) is 4.14. The van der Waals surface area contributed by atoms with Crippen LogP contribution in [0.2, 0.25) is 0 Å². The molecule has 1 aromatic rings. The fourth-order valence-corrected chi connectivity index (χ4v) is 1.64. The van der Waals surface area contributed by atoms with Gasteiger partial charge in [-0.1, -0.05) is 78.1 Å². The maximum atomic E-state index is 11.5. The molecule has 0 bridgehead atoms. The third-order valence-corrected chi connectivity index (χ3v) is 3.13. The Morgan fingerprint density at radius 2 is 1.71 bits per heavy atom. The van der Waals surface area contributed by atoms with Gasteiger partial charge in [-0.25, -0.2) is 0 Å². The Kier molecular flexibility index (Phi) is 4.80. The van der Waals surface area contributed by atoms with E-state index < -0.39 is 2.14 Å². The summed E-state index contributed by atoms with van der Waals surface area (Å²) >= 11 is 9.60. The molecule has 0 aliphatic heterocycles. The number of carbonyl (C=O) groups excluding carboxylic acids is 1. The second-order valence-electron chi connectivity index (χ2n) is 2.91. The van der Waals surface area contributed by atoms with E-state index in [0.717, 1.165) is 6.42 Å². The van der Waals surface area contributed by atoms with Gasteiger partial charge in [0.2, 0.25) is 0 Å². The molecule has 0 atom stereocenters. The van der Waals surface area contributed by atoms with E-state index in [1.54, 1.807) is 0 Å². The van der Waals surface area contributed by atoms with Crippen molar-refractivity contribution >= 4 is 53.6 Å². The Labute approximate surface area is 109 Å². The van der Waals surface area contributed by atoms with E-state index in [-0.39, 0.29) is 5.78 Å². The summed E-state index contributed by atoms with van der Waals surface area (Å²) in [5.74, 6) is 0.0846. The van der Waals surface area contributed by atoms with Gasteiger partial charge in [0.15, 0.2) is 7.93 Å². The van der Waals surface area contributed by atoms with E-state index in [9.17, 15) is 4.79 Å². The molecule has 0 saturated heterocycles. The van der Waals surface area contributed by atoms with Crippen molar-refractivity contribution in [3.8, 4) is 0 Å². The summed E-state index contributed by atoms with van der Waals surface area (Å²) in [6.45, 7) is 0. The van der Waals surface area contributed by atoms with Gasteiger partial charge in [0.25, 0.3) is 0 Å². The summed E-state index contributed by atoms with van der Waals surface area (Å²) < 4.78 is -0.762. The lowest BCUT2D eigenvalue weighted by Crippen LogP contribution is -2.17. The standard InChI is InChI=1S/C10H9Br3O/c11-10(12,13)9(14)7-6-8-4-2-1-3-5-8/h1-5H,6-7H2. The Balaban J connectivity index is 2.46. The molecule has 1 rings (SSSR count). The molecule has 0 aliphatic carbocycles. The minimum atomic E-state index is -0.762. The molecule has 0 unspecified atom stereocenters. The minimum Gasteiger partial charge on any atom is -0.296 e. The van der Waals surface area contributed by atoms with Crippen LogP contribution in [0.25, 0.3) is 0 Å². The fraction of sp³-hybridized carbons (Fsp3) is 0.300. The second kappa shape index (κ2) is 5.42. The number of hydrogen-bond acceptors (Lipinski definition) is 1. The number of Topliss-reactive ketones (excluding diaryl/α,β-unsaturated/α-hetero) is 1. The third kappa shape index (κ3) is 4.24. The van der Waals surface area contributed by atoms with Gasteiger partial charge in [0, 0.05) is 6.42 Å². The monoisotopic (exact) mass is 382 g/mol. The average molecular weight is 385 g/mol. The average Bonchev–Trinajstić information content (AvgIpc) is 2.14. The normalized spacial score (nSPS) is 11.4. The van der Waals surface area contributed by atoms with Crippen molar-refractivity contribution in [3.63, 3.8) is 0 Å². The van der Waals surface area contributed by atoms with Gasteiger partial charge in [-0.05, 0) is 12.0 Å². The molecule has 0 amide bonds. The Morgan fingerprint density at radius 3 is 2.21 bits per heavy atom. The first-order chi connectivity index (χ1) is 6.50. The quantitative estimate of drug-likeness (QED) is 0.719. The van der Waals surface area contributed by atoms with E-state index in [1.807, 2.05) is 30.3 Å². The van der Waals surface area contributed by atoms with E-state index in [4.69, 9.17) is 0 Å². The van der Waals surface area contributed by atoms with Gasteiger partial charge in [-0.15, -0.1) is 0 Å². The molecule has 0 N–H and O–H groups in total. The lowest BCUT2D eigenvalue weighted by atomic mass is 10.1. The van der Waals surface area contributed by atoms with Crippen LogP contribution in [0.4, 0.5) is 0 Å². The number of hydrogen-bond donors (Lipinski definition) is 0. The van der Waals surface area contributed by atoms with E-state index in [1.165, 1.54) is 5.56 Å². The molecule has 0 saturated carbocycles. The number of ketones is 1. The largest absolute Gasteiger partial charge is 0.296 e. The van der Waals surface area contributed by atoms with Crippen molar-refractivity contribution < 1.29 is 4.79 Å². The smallest absolute Gasteiger partial charge is 0.192 e. The van der Waals surface area contributed by atoms with Crippen LogP contribution in [0.15, 0.2) is 30.3 Å². The fourth-order valence-electron chi connectivity index (χ4n) is 1.04. The first kappa shape index (κ1) is 12.4. The Bertz CT molecular complexity index is 303. The van der Waals surface area contributed by atoms with Crippen LogP contribution >= 0.6 is 47.8 Å². The lowest BCUT2D eigenvalue weighted by molar-refractivity contribution is -0.117. The van der Waals surface area contributed by atoms with Gasteiger partial charge >= 0.3 is 0 Å². The number of halogens is 3. The van der Waals surface area contributed by atoms with Crippen LogP contribution in [-0.4, -0.2) is 7.93 Å². The lowest BCUT2D eigenvalue weighted by Gasteiger charge is -2.09. The maximum Gasteiger partial charge on any atom is 0.192 e. The maximum absolute atomic E-state index is 11.5. The van der Waals surface area contributed by atoms with Gasteiger partial charge in [0.1, 0.15) is 0 Å². The molecule has 4 heteroatoms. The molecular formula is C10H9Br3O. The molecule has 1 aromatic carbocycles. The number of rotatable bonds is 3. The Hall–Kier alpha value is 0.330. The van der Waals surface area contributed by atoms with Crippen LogP contribution in [0.3, 0.4) is 0 Å². The highest BCUT2D eigenvalue weighted by molar-refractivity contribution is 9.40. The highest BCUT2D eigenvalue weighted by Gasteiger charge is 2.27. The van der Waals surface area contributed by atoms with Crippen molar-refractivity contribution in [2.24, 2.45) is 0 Å². The number of carbonyl (C=O) groups is 1. The highest BCUT2D eigenvalue weighted by Crippen LogP contribution is 2.35. The van der Waals surface area contributed by atoms with Crippen molar-refractivity contribution in [1.82, 2.24) is 0 Å². The molecular weight excluding hydrogens is 376 g/mol. The molecule has 1 nitrogen and oxygen atoms in total. The number of alkyl halides is 3. The van der Waals surface area contributed by atoms with E-state index >= 15 is 0 Å². The Morgan fingerprint density at radius 1 is 1.14 bits per heavy atom.